The summed E-state index contributed by atoms with van der Waals surface area (Å²) < 4.78 is 27.0. The van der Waals surface area contributed by atoms with Gasteiger partial charge in [0.25, 0.3) is 0 Å². The van der Waals surface area contributed by atoms with Crippen molar-refractivity contribution in [1.29, 1.82) is 0 Å². The number of rotatable bonds is 3. The molecule has 22 heavy (non-hydrogen) atoms. The molecular formula is C16H21NO4S. The molecule has 1 aliphatic rings. The van der Waals surface area contributed by atoms with E-state index < -0.39 is 16.0 Å². The van der Waals surface area contributed by atoms with Crippen molar-refractivity contribution in [1.82, 2.24) is 4.31 Å². The van der Waals surface area contributed by atoms with Gasteiger partial charge >= 0.3 is 5.97 Å². The number of aryl methyl sites for hydroxylation is 1. The van der Waals surface area contributed by atoms with Crippen LogP contribution in [0.4, 0.5) is 0 Å². The third kappa shape index (κ3) is 2.80. The van der Waals surface area contributed by atoms with Gasteiger partial charge in [-0.3, -0.25) is 0 Å². The van der Waals surface area contributed by atoms with Gasteiger partial charge in [0.1, 0.15) is 0 Å². The van der Waals surface area contributed by atoms with E-state index in [1.54, 1.807) is 24.3 Å². The average molecular weight is 323 g/mol. The number of sulfonamides is 1. The number of carbonyl (C=O) groups is 1. The molecule has 1 aromatic rings. The molecular weight excluding hydrogens is 302 g/mol. The predicted octanol–water partition coefficient (Wildman–Crippen LogP) is 2.43. The first-order chi connectivity index (χ1) is 10.2. The van der Waals surface area contributed by atoms with Crippen LogP contribution in [0.1, 0.15) is 26.3 Å². The number of hydrogen-bond acceptors (Lipinski definition) is 3. The monoisotopic (exact) mass is 323 g/mol. The lowest BCUT2D eigenvalue weighted by molar-refractivity contribution is -0.132. The minimum atomic E-state index is -3.62. The standard InChI is InChI=1S/C16H21NO4S/c1-10-5-7-14(8-6-10)22(20,21)17-9-15(11(2)13(17)4)12(3)16(18)19/h5-8,11,13H,9H2,1-4H3,(H,18,19)/b15-12-. The van der Waals surface area contributed by atoms with E-state index in [4.69, 9.17) is 5.11 Å². The van der Waals surface area contributed by atoms with Crippen LogP contribution in [-0.4, -0.2) is 36.4 Å². The van der Waals surface area contributed by atoms with Gasteiger partial charge in [0.05, 0.1) is 4.90 Å². The number of benzene rings is 1. The largest absolute Gasteiger partial charge is 0.478 e. The molecule has 2 rings (SSSR count). The van der Waals surface area contributed by atoms with Crippen LogP contribution in [0.3, 0.4) is 0 Å². The molecule has 0 amide bonds. The summed E-state index contributed by atoms with van der Waals surface area (Å²) in [7, 11) is -3.62. The lowest BCUT2D eigenvalue weighted by Gasteiger charge is -2.22. The van der Waals surface area contributed by atoms with Gasteiger partial charge < -0.3 is 5.11 Å². The highest BCUT2D eigenvalue weighted by atomic mass is 32.2. The molecule has 6 heteroatoms. The summed E-state index contributed by atoms with van der Waals surface area (Å²) in [6, 6.07) is 6.43. The molecule has 0 bridgehead atoms. The van der Waals surface area contributed by atoms with E-state index in [-0.39, 0.29) is 29.0 Å². The van der Waals surface area contributed by atoms with Crippen LogP contribution in [0.15, 0.2) is 40.3 Å². The first-order valence-corrected chi connectivity index (χ1v) is 8.61. The molecule has 1 fully saturated rings. The number of carboxylic acid groups (broad SMARTS) is 1. The van der Waals surface area contributed by atoms with E-state index in [1.165, 1.54) is 11.2 Å². The lowest BCUT2D eigenvalue weighted by atomic mass is 9.95. The SMILES string of the molecule is C/C(C(=O)O)=C1\CN(S(=O)(=O)c2ccc(C)cc2)C(C)C1C. The zero-order valence-electron chi connectivity index (χ0n) is 13.2. The summed E-state index contributed by atoms with van der Waals surface area (Å²) in [5.41, 5.74) is 1.90. The third-order valence-electron chi connectivity index (χ3n) is 4.48. The van der Waals surface area contributed by atoms with Gasteiger partial charge in [-0.05, 0) is 44.4 Å². The van der Waals surface area contributed by atoms with E-state index in [0.717, 1.165) is 5.56 Å². The van der Waals surface area contributed by atoms with Crippen LogP contribution in [0.5, 0.6) is 0 Å². The maximum Gasteiger partial charge on any atom is 0.331 e. The Morgan fingerprint density at radius 1 is 1.23 bits per heavy atom. The Balaban J connectivity index is 2.43. The lowest BCUT2D eigenvalue weighted by Crippen LogP contribution is -2.35. The molecule has 0 aromatic heterocycles. The molecule has 0 radical (unpaired) electrons. The Hall–Kier alpha value is -1.66. The second kappa shape index (κ2) is 5.85. The number of aliphatic carboxylic acids is 1. The predicted molar refractivity (Wildman–Crippen MR) is 84.0 cm³/mol. The molecule has 2 atom stereocenters. The smallest absolute Gasteiger partial charge is 0.331 e. The maximum absolute atomic E-state index is 12.8. The molecule has 2 unspecified atom stereocenters. The fourth-order valence-electron chi connectivity index (χ4n) is 2.74. The van der Waals surface area contributed by atoms with Crippen molar-refractivity contribution in [3.63, 3.8) is 0 Å². The van der Waals surface area contributed by atoms with Crippen LogP contribution in [0.2, 0.25) is 0 Å². The van der Waals surface area contributed by atoms with Crippen molar-refractivity contribution < 1.29 is 18.3 Å². The summed E-state index contributed by atoms with van der Waals surface area (Å²) in [6.07, 6.45) is 0. The van der Waals surface area contributed by atoms with E-state index in [9.17, 15) is 13.2 Å². The van der Waals surface area contributed by atoms with E-state index in [2.05, 4.69) is 0 Å². The fourth-order valence-corrected chi connectivity index (χ4v) is 4.42. The van der Waals surface area contributed by atoms with E-state index >= 15 is 0 Å². The molecule has 0 saturated carbocycles. The maximum atomic E-state index is 12.8. The van der Waals surface area contributed by atoms with Crippen molar-refractivity contribution in [2.45, 2.75) is 38.6 Å². The second-order valence-electron chi connectivity index (χ2n) is 5.85. The number of hydrogen-bond donors (Lipinski definition) is 1. The minimum Gasteiger partial charge on any atom is -0.478 e. The van der Waals surface area contributed by atoms with Gasteiger partial charge in [0.2, 0.25) is 10.0 Å². The van der Waals surface area contributed by atoms with Crippen molar-refractivity contribution in [3.05, 3.63) is 41.0 Å². The first kappa shape index (κ1) is 16.7. The molecule has 1 saturated heterocycles. The zero-order chi connectivity index (χ0) is 16.7. The molecule has 1 heterocycles. The third-order valence-corrected chi connectivity index (χ3v) is 6.43. The summed E-state index contributed by atoms with van der Waals surface area (Å²) in [6.45, 7) is 7.25. The zero-order valence-corrected chi connectivity index (χ0v) is 14.0. The minimum absolute atomic E-state index is 0.115. The molecule has 120 valence electrons. The van der Waals surface area contributed by atoms with Crippen LogP contribution in [-0.2, 0) is 14.8 Å². The fraction of sp³-hybridized carbons (Fsp3) is 0.438. The highest BCUT2D eigenvalue weighted by molar-refractivity contribution is 7.89. The second-order valence-corrected chi connectivity index (χ2v) is 7.74. The van der Waals surface area contributed by atoms with Crippen LogP contribution >= 0.6 is 0 Å². The van der Waals surface area contributed by atoms with Gasteiger partial charge in [-0.25, -0.2) is 13.2 Å². The van der Waals surface area contributed by atoms with Crippen LogP contribution < -0.4 is 0 Å². The highest BCUT2D eigenvalue weighted by Crippen LogP contribution is 2.35. The molecule has 0 spiro atoms. The number of carboxylic acids is 1. The Morgan fingerprint density at radius 2 is 1.77 bits per heavy atom. The van der Waals surface area contributed by atoms with Gasteiger partial charge in [0.15, 0.2) is 0 Å². The van der Waals surface area contributed by atoms with Gasteiger partial charge in [-0.15, -0.1) is 0 Å². The van der Waals surface area contributed by atoms with Crippen molar-refractivity contribution in [2.75, 3.05) is 6.54 Å². The van der Waals surface area contributed by atoms with Gasteiger partial charge in [-0.1, -0.05) is 24.6 Å². The Bertz CT molecular complexity index is 719. The normalized spacial score (nSPS) is 25.3. The summed E-state index contributed by atoms with van der Waals surface area (Å²) in [5.74, 6) is -1.11. The number of nitrogens with zero attached hydrogens (tertiary/aromatic N) is 1. The molecule has 5 nitrogen and oxygen atoms in total. The van der Waals surface area contributed by atoms with Crippen LogP contribution in [0.25, 0.3) is 0 Å². The van der Waals surface area contributed by atoms with Crippen LogP contribution in [0, 0.1) is 12.8 Å². The Kier molecular flexibility index (Phi) is 4.44. The van der Waals surface area contributed by atoms with Crippen molar-refractivity contribution >= 4 is 16.0 Å². The summed E-state index contributed by atoms with van der Waals surface area (Å²) in [4.78, 5) is 11.4. The first-order valence-electron chi connectivity index (χ1n) is 7.17. The molecule has 1 aromatic carbocycles. The molecule has 1 N–H and O–H groups in total. The Morgan fingerprint density at radius 3 is 2.27 bits per heavy atom. The molecule has 0 aliphatic carbocycles. The Labute approximate surface area is 131 Å². The van der Waals surface area contributed by atoms with Crippen molar-refractivity contribution in [3.8, 4) is 0 Å². The summed E-state index contributed by atoms with van der Waals surface area (Å²) in [5, 5.41) is 9.16. The van der Waals surface area contributed by atoms with E-state index in [1.807, 2.05) is 20.8 Å². The average Bonchev–Trinajstić information content (AvgIpc) is 2.75. The highest BCUT2D eigenvalue weighted by Gasteiger charge is 2.41. The topological polar surface area (TPSA) is 74.7 Å². The van der Waals surface area contributed by atoms with E-state index in [0.29, 0.717) is 5.57 Å². The quantitative estimate of drug-likeness (QED) is 0.867. The van der Waals surface area contributed by atoms with Crippen molar-refractivity contribution in [2.24, 2.45) is 5.92 Å². The van der Waals surface area contributed by atoms with Gasteiger partial charge in [0, 0.05) is 18.2 Å². The van der Waals surface area contributed by atoms with Gasteiger partial charge in [-0.2, -0.15) is 4.31 Å². The summed E-state index contributed by atoms with van der Waals surface area (Å²) >= 11 is 0. The molecule has 1 aliphatic heterocycles.